The van der Waals surface area contributed by atoms with Crippen molar-refractivity contribution >= 4 is 37.5 Å². The fraction of sp³-hybridized carbons (Fsp3) is 0.333. The molecule has 0 spiro atoms. The maximum atomic E-state index is 12.9. The van der Waals surface area contributed by atoms with Crippen molar-refractivity contribution in [2.75, 3.05) is 18.5 Å². The van der Waals surface area contributed by atoms with Crippen molar-refractivity contribution in [2.45, 2.75) is 36.6 Å². The first-order valence-corrected chi connectivity index (χ1v) is 13.2. The van der Waals surface area contributed by atoms with Gasteiger partial charge in [-0.3, -0.25) is 9.59 Å². The smallest absolute Gasteiger partial charge is 0.264 e. The molecule has 0 saturated heterocycles. The number of rotatable bonds is 8. The lowest BCUT2D eigenvalue weighted by atomic mass is 10.0. The number of benzene rings is 2. The first-order chi connectivity index (χ1) is 15.9. The second kappa shape index (κ2) is 9.99. The predicted octanol–water partition coefficient (Wildman–Crippen LogP) is 1.22. The van der Waals surface area contributed by atoms with Crippen molar-refractivity contribution in [2.24, 2.45) is 5.92 Å². The highest BCUT2D eigenvalue weighted by Crippen LogP contribution is 2.32. The predicted molar refractivity (Wildman–Crippen MR) is 122 cm³/mol. The highest BCUT2D eigenvalue weighted by atomic mass is 32.2. The molecule has 34 heavy (non-hydrogen) atoms. The maximum Gasteiger partial charge on any atom is 0.264 e. The van der Waals surface area contributed by atoms with E-state index < -0.39 is 43.8 Å². The van der Waals surface area contributed by atoms with Crippen LogP contribution in [0.2, 0.25) is 0 Å². The Kier molecular flexibility index (Phi) is 7.48. The van der Waals surface area contributed by atoms with Crippen LogP contribution in [0.5, 0.6) is 11.5 Å². The number of ether oxygens (including phenoxy) is 2. The molecular weight excluding hydrogens is 486 g/mol. The first kappa shape index (κ1) is 25.5. The molecule has 3 N–H and O–H groups in total. The van der Waals surface area contributed by atoms with Gasteiger partial charge in [0.05, 0.1) is 9.79 Å². The van der Waals surface area contributed by atoms with Crippen LogP contribution in [0.1, 0.15) is 20.8 Å². The van der Waals surface area contributed by atoms with E-state index in [0.29, 0.717) is 24.7 Å². The quantitative estimate of drug-likeness (QED) is 0.478. The fourth-order valence-electron chi connectivity index (χ4n) is 3.10. The zero-order chi connectivity index (χ0) is 25.1. The second-order valence-corrected chi connectivity index (χ2v) is 11.2. The molecule has 0 radical (unpaired) electrons. The summed E-state index contributed by atoms with van der Waals surface area (Å²) in [7, 11) is -8.10. The molecule has 2 aromatic carbocycles. The molecule has 1 aliphatic heterocycles. The van der Waals surface area contributed by atoms with Gasteiger partial charge in [-0.25, -0.2) is 21.6 Å². The number of hydrogen-bond donors (Lipinski definition) is 3. The number of hydrogen-bond acceptors (Lipinski definition) is 8. The number of sulfonamides is 2. The van der Waals surface area contributed by atoms with Crippen LogP contribution in [0.4, 0.5) is 5.69 Å². The van der Waals surface area contributed by atoms with Gasteiger partial charge in [-0.2, -0.15) is 4.72 Å². The molecule has 11 nitrogen and oxygen atoms in total. The Morgan fingerprint density at radius 2 is 1.44 bits per heavy atom. The van der Waals surface area contributed by atoms with Crippen LogP contribution in [-0.4, -0.2) is 47.9 Å². The van der Waals surface area contributed by atoms with Crippen molar-refractivity contribution < 1.29 is 35.9 Å². The van der Waals surface area contributed by atoms with Crippen molar-refractivity contribution in [3.8, 4) is 11.5 Å². The van der Waals surface area contributed by atoms with E-state index in [0.717, 1.165) is 6.92 Å². The molecule has 0 aliphatic carbocycles. The van der Waals surface area contributed by atoms with Crippen LogP contribution in [0.25, 0.3) is 0 Å². The Morgan fingerprint density at radius 1 is 0.853 bits per heavy atom. The van der Waals surface area contributed by atoms with E-state index in [1.807, 2.05) is 4.72 Å². The SMILES string of the molecule is CC(=O)NS(=O)(=O)c1ccc(NC(=O)C(NS(=O)(=O)c2ccc3c(c2)OCCO3)C(C)C)cc1. The van der Waals surface area contributed by atoms with Crippen molar-refractivity contribution in [3.63, 3.8) is 0 Å². The summed E-state index contributed by atoms with van der Waals surface area (Å²) >= 11 is 0. The highest BCUT2D eigenvalue weighted by Gasteiger charge is 2.29. The first-order valence-electron chi connectivity index (χ1n) is 10.3. The summed E-state index contributed by atoms with van der Waals surface area (Å²) in [6.07, 6.45) is 0. The Labute approximate surface area is 197 Å². The van der Waals surface area contributed by atoms with Crippen molar-refractivity contribution in [1.82, 2.24) is 9.44 Å². The van der Waals surface area contributed by atoms with E-state index >= 15 is 0 Å². The standard InChI is InChI=1S/C21H25N3O8S2/c1-13(2)20(24-34(29,30)17-8-9-18-19(12-17)32-11-10-31-18)21(26)22-15-4-6-16(7-5-15)33(27,28)23-14(3)25/h4-9,12-13,20,24H,10-11H2,1-3H3,(H,22,26)(H,23,25). The van der Waals surface area contributed by atoms with E-state index in [1.54, 1.807) is 13.8 Å². The number of amides is 2. The van der Waals surface area contributed by atoms with E-state index in [4.69, 9.17) is 9.47 Å². The second-order valence-electron chi connectivity index (χ2n) is 7.82. The number of anilines is 1. The zero-order valence-corrected chi connectivity index (χ0v) is 20.3. The van der Waals surface area contributed by atoms with E-state index in [2.05, 4.69) is 10.0 Å². The Morgan fingerprint density at radius 3 is 2.03 bits per heavy atom. The third kappa shape index (κ3) is 6.04. The Hall–Kier alpha value is -3.16. The van der Waals surface area contributed by atoms with Crippen LogP contribution in [0.3, 0.4) is 0 Å². The molecule has 1 atom stereocenters. The van der Waals surface area contributed by atoms with E-state index in [1.165, 1.54) is 42.5 Å². The summed E-state index contributed by atoms with van der Waals surface area (Å²) in [6, 6.07) is 8.15. The summed E-state index contributed by atoms with van der Waals surface area (Å²) in [5.41, 5.74) is 0.246. The molecule has 0 aromatic heterocycles. The van der Waals surface area contributed by atoms with Crippen LogP contribution in [0, 0.1) is 5.92 Å². The summed E-state index contributed by atoms with van der Waals surface area (Å²) in [6.45, 7) is 5.10. The number of nitrogens with one attached hydrogen (secondary N) is 3. The molecule has 184 valence electrons. The molecule has 0 saturated carbocycles. The highest BCUT2D eigenvalue weighted by molar-refractivity contribution is 7.90. The number of carbonyl (C=O) groups is 2. The van der Waals surface area contributed by atoms with Gasteiger partial charge in [-0.05, 0) is 42.3 Å². The largest absolute Gasteiger partial charge is 0.486 e. The molecule has 0 fully saturated rings. The molecule has 1 heterocycles. The molecule has 3 rings (SSSR count). The van der Waals surface area contributed by atoms with Gasteiger partial charge in [0.2, 0.25) is 21.8 Å². The van der Waals surface area contributed by atoms with Gasteiger partial charge in [0.1, 0.15) is 19.3 Å². The summed E-state index contributed by atoms with van der Waals surface area (Å²) < 4.78 is 65.1. The summed E-state index contributed by atoms with van der Waals surface area (Å²) in [5, 5.41) is 2.57. The summed E-state index contributed by atoms with van der Waals surface area (Å²) in [5.74, 6) is -1.04. The number of fused-ring (bicyclic) bond motifs is 1. The lowest BCUT2D eigenvalue weighted by Crippen LogP contribution is -2.47. The van der Waals surface area contributed by atoms with E-state index in [-0.39, 0.29) is 15.5 Å². The average Bonchev–Trinajstić information content (AvgIpc) is 2.76. The fourth-order valence-corrected chi connectivity index (χ4v) is 5.45. The third-order valence-corrected chi connectivity index (χ3v) is 7.65. The molecule has 13 heteroatoms. The molecular formula is C21H25N3O8S2. The minimum atomic E-state index is -4.08. The topological polar surface area (TPSA) is 157 Å². The molecule has 2 amide bonds. The minimum Gasteiger partial charge on any atom is -0.486 e. The number of carbonyl (C=O) groups excluding carboxylic acids is 2. The van der Waals surface area contributed by atoms with Crippen molar-refractivity contribution in [1.29, 1.82) is 0 Å². The van der Waals surface area contributed by atoms with Crippen molar-refractivity contribution in [3.05, 3.63) is 42.5 Å². The lowest BCUT2D eigenvalue weighted by molar-refractivity contribution is -0.119. The molecule has 1 unspecified atom stereocenters. The van der Waals surface area contributed by atoms with Gasteiger partial charge in [0.25, 0.3) is 10.0 Å². The van der Waals surface area contributed by atoms with Crippen LogP contribution in [0.15, 0.2) is 52.3 Å². The average molecular weight is 512 g/mol. The van der Waals surface area contributed by atoms with Crippen LogP contribution >= 0.6 is 0 Å². The Bertz CT molecular complexity index is 1290. The minimum absolute atomic E-state index is 0.0808. The third-order valence-electron chi connectivity index (χ3n) is 4.77. The molecule has 2 aromatic rings. The molecule has 1 aliphatic rings. The van der Waals surface area contributed by atoms with Crippen LogP contribution < -0.4 is 24.2 Å². The van der Waals surface area contributed by atoms with Crippen LogP contribution in [-0.2, 0) is 29.6 Å². The van der Waals surface area contributed by atoms with Gasteiger partial charge in [0.15, 0.2) is 11.5 Å². The lowest BCUT2D eigenvalue weighted by Gasteiger charge is -2.23. The zero-order valence-electron chi connectivity index (χ0n) is 18.7. The van der Waals surface area contributed by atoms with Gasteiger partial charge in [0, 0.05) is 18.7 Å². The van der Waals surface area contributed by atoms with E-state index in [9.17, 15) is 26.4 Å². The normalized spacial score (nSPS) is 14.4. The van der Waals surface area contributed by atoms with Gasteiger partial charge in [-0.1, -0.05) is 13.8 Å². The maximum absolute atomic E-state index is 12.9. The summed E-state index contributed by atoms with van der Waals surface area (Å²) in [4.78, 5) is 23.7. The molecule has 0 bridgehead atoms. The van der Waals surface area contributed by atoms with Gasteiger partial charge >= 0.3 is 0 Å². The van der Waals surface area contributed by atoms with Gasteiger partial charge < -0.3 is 14.8 Å². The monoisotopic (exact) mass is 511 g/mol. The van der Waals surface area contributed by atoms with Gasteiger partial charge in [-0.15, -0.1) is 0 Å². The Balaban J connectivity index is 1.75.